The lowest BCUT2D eigenvalue weighted by Gasteiger charge is -2.31. The van der Waals surface area contributed by atoms with Crippen LogP contribution >= 0.6 is 0 Å². The predicted molar refractivity (Wildman–Crippen MR) is 470 cm³/mol. The van der Waals surface area contributed by atoms with Gasteiger partial charge in [-0.2, -0.15) is 0 Å². The number of nitrogens with two attached hydrogens (primary N) is 2. The van der Waals surface area contributed by atoms with E-state index < -0.39 is 176 Å². The van der Waals surface area contributed by atoms with Crippen molar-refractivity contribution >= 4 is 93.7 Å². The Morgan fingerprint density at radius 1 is 0.598 bits per heavy atom. The largest absolute Gasteiger partial charge is 0.508 e. The summed E-state index contributed by atoms with van der Waals surface area (Å²) in [5.41, 5.74) is 13.7. The molecule has 13 amide bonds. The second-order valence-corrected chi connectivity index (χ2v) is 32.4. The number of H-pyrrole nitrogens is 1. The van der Waals surface area contributed by atoms with Crippen LogP contribution in [0.15, 0.2) is 85.1 Å². The van der Waals surface area contributed by atoms with E-state index in [0.717, 1.165) is 60.7 Å². The van der Waals surface area contributed by atoms with Crippen LogP contribution in [-0.2, 0) is 91.1 Å². The lowest BCUT2D eigenvalue weighted by atomic mass is 10.0. The molecule has 3 aromatic carbocycles. The summed E-state index contributed by atoms with van der Waals surface area (Å²) in [6.07, 6.45) is 10.6. The second-order valence-electron chi connectivity index (χ2n) is 32.4. The molecule has 6 rings (SSSR count). The molecule has 0 spiro atoms. The van der Waals surface area contributed by atoms with Crippen LogP contribution in [0.5, 0.6) is 5.75 Å². The Labute approximate surface area is 741 Å². The maximum Gasteiger partial charge on any atom is 0.246 e. The van der Waals surface area contributed by atoms with E-state index in [1.54, 1.807) is 49.5 Å². The third kappa shape index (κ3) is 40.3. The summed E-state index contributed by atoms with van der Waals surface area (Å²) in [4.78, 5) is 188. The average molecular weight is 1780 g/mol. The molecule has 0 unspecified atom stereocenters. The van der Waals surface area contributed by atoms with Gasteiger partial charge in [-0.3, -0.25) is 73.1 Å². The summed E-state index contributed by atoms with van der Waals surface area (Å²) < 4.78 is 10.9. The number of unbranched alkanes of at least 4 members (excludes halogenated alkanes) is 12. The Morgan fingerprint density at radius 3 is 1.90 bits per heavy atom. The zero-order valence-electron chi connectivity index (χ0n) is 73.1. The average Bonchev–Trinajstić information content (AvgIpc) is 1.68. The van der Waals surface area contributed by atoms with Gasteiger partial charge in [0.25, 0.3) is 0 Å². The summed E-state index contributed by atoms with van der Waals surface area (Å²) >= 11 is 0. The topological polar surface area (TPSA) is 613 Å². The van der Waals surface area contributed by atoms with Crippen molar-refractivity contribution in [3.8, 4) is 5.75 Å². The van der Waals surface area contributed by atoms with Gasteiger partial charge in [-0.1, -0.05) is 145 Å². The number of carbonyl (C=O) groups is 13. The predicted octanol–water partition coefficient (Wildman–Crippen LogP) is -0.523. The van der Waals surface area contributed by atoms with Crippen molar-refractivity contribution in [2.45, 2.75) is 279 Å². The molecule has 2 aliphatic heterocycles. The van der Waals surface area contributed by atoms with Crippen molar-refractivity contribution in [1.29, 1.82) is 5.41 Å². The van der Waals surface area contributed by atoms with Gasteiger partial charge in [-0.15, -0.1) is 0 Å². The fourth-order valence-electron chi connectivity index (χ4n) is 14.8. The summed E-state index contributed by atoms with van der Waals surface area (Å²) in [6, 6.07) is 6.41. The number of aromatic hydroxyl groups is 1. The first-order valence-electron chi connectivity index (χ1n) is 44.5. The third-order valence-corrected chi connectivity index (χ3v) is 22.0. The number of phenols is 1. The van der Waals surface area contributed by atoms with Crippen molar-refractivity contribution in [1.82, 2.24) is 79.0 Å². The summed E-state index contributed by atoms with van der Waals surface area (Å²) in [5, 5.41) is 104. The first-order valence-corrected chi connectivity index (χ1v) is 44.5. The van der Waals surface area contributed by atoms with Crippen molar-refractivity contribution in [3.63, 3.8) is 0 Å². The number of aromatic nitrogens is 1. The molecule has 25 N–H and O–H groups in total. The minimum absolute atomic E-state index is 0.00221. The van der Waals surface area contributed by atoms with Gasteiger partial charge in [0.1, 0.15) is 73.0 Å². The van der Waals surface area contributed by atoms with Gasteiger partial charge in [-0.05, 0) is 106 Å². The van der Waals surface area contributed by atoms with Gasteiger partial charge in [0, 0.05) is 94.8 Å². The van der Waals surface area contributed by atoms with Crippen LogP contribution in [0.25, 0.3) is 10.9 Å². The van der Waals surface area contributed by atoms with E-state index in [9.17, 15) is 78.0 Å². The molecule has 2 saturated heterocycles. The van der Waals surface area contributed by atoms with Gasteiger partial charge >= 0.3 is 0 Å². The van der Waals surface area contributed by atoms with Crippen molar-refractivity contribution in [2.75, 3.05) is 65.8 Å². The molecule has 1 aromatic heterocycles. The Kier molecular flexibility index (Phi) is 48.2. The summed E-state index contributed by atoms with van der Waals surface area (Å²) in [6.45, 7) is 2.15. The molecule has 39 nitrogen and oxygen atoms in total. The molecule has 4 aromatic rings. The van der Waals surface area contributed by atoms with E-state index in [4.69, 9.17) is 36.6 Å². The zero-order chi connectivity index (χ0) is 92.4. The van der Waals surface area contributed by atoms with Crippen LogP contribution in [0, 0.1) is 5.41 Å². The number of guanidine groups is 1. The third-order valence-electron chi connectivity index (χ3n) is 22.0. The van der Waals surface area contributed by atoms with Crippen LogP contribution in [0.4, 0.5) is 0 Å². The normalized spacial score (nSPS) is 19.4. The Bertz CT molecular complexity index is 4110. The molecule has 2 fully saturated rings. The van der Waals surface area contributed by atoms with E-state index in [1.165, 1.54) is 63.3 Å². The van der Waals surface area contributed by atoms with Gasteiger partial charge < -0.3 is 125 Å². The smallest absolute Gasteiger partial charge is 0.246 e. The molecular formula is C88H136N18O21. The monoisotopic (exact) mass is 1780 g/mol. The fraction of sp³-hybridized carbons (Fsp3) is 0.614. The number of amides is 13. The number of primary amides is 1. The van der Waals surface area contributed by atoms with Gasteiger partial charge in [0.15, 0.2) is 12.2 Å². The van der Waals surface area contributed by atoms with Gasteiger partial charge in [0.05, 0.1) is 38.6 Å². The first-order chi connectivity index (χ1) is 61.0. The van der Waals surface area contributed by atoms with Crippen LogP contribution < -0.4 is 80.6 Å². The highest BCUT2D eigenvalue weighted by atomic mass is 16.5. The molecule has 0 bridgehead atoms. The maximum absolute atomic E-state index is 15.3. The summed E-state index contributed by atoms with van der Waals surface area (Å²) in [7, 11) is 0. The van der Waals surface area contributed by atoms with Gasteiger partial charge in [0.2, 0.25) is 76.8 Å². The van der Waals surface area contributed by atoms with E-state index in [-0.39, 0.29) is 141 Å². The number of rotatable bonds is 51. The van der Waals surface area contributed by atoms with Crippen LogP contribution in [0.2, 0.25) is 0 Å². The molecule has 39 heteroatoms. The molecule has 0 aliphatic carbocycles. The van der Waals surface area contributed by atoms with E-state index in [1.807, 2.05) is 18.2 Å². The number of aliphatic hydroxyl groups is 5. The molecule has 3 heterocycles. The molecule has 127 heavy (non-hydrogen) atoms. The lowest BCUT2D eigenvalue weighted by Crippen LogP contribution is -2.61. The number of hydrogen-bond acceptors (Lipinski definition) is 23. The Hall–Kier alpha value is -10.9. The first kappa shape index (κ1) is 105. The summed E-state index contributed by atoms with van der Waals surface area (Å²) in [5.74, 6) is -11.0. The number of para-hydroxylation sites is 1. The minimum Gasteiger partial charge on any atom is -0.508 e. The van der Waals surface area contributed by atoms with Gasteiger partial charge in [-0.25, -0.2) is 0 Å². The van der Waals surface area contributed by atoms with Crippen LogP contribution in [-0.4, -0.2) is 268 Å². The lowest BCUT2D eigenvalue weighted by molar-refractivity contribution is -0.143. The number of ether oxygens (including phenoxy) is 2. The van der Waals surface area contributed by atoms with Crippen molar-refractivity contribution in [3.05, 3.63) is 102 Å². The number of nitrogens with zero attached hydrogens (tertiary/aromatic N) is 1. The second kappa shape index (κ2) is 58.4. The quantitative estimate of drug-likeness (QED) is 0.0114. The van der Waals surface area contributed by atoms with Crippen molar-refractivity contribution < 1.29 is 102 Å². The highest BCUT2D eigenvalue weighted by Crippen LogP contribution is 2.24. The molecule has 12 atom stereocenters. The highest BCUT2D eigenvalue weighted by Gasteiger charge is 2.44. The van der Waals surface area contributed by atoms with Crippen LogP contribution in [0.3, 0.4) is 0 Å². The molecule has 0 saturated carbocycles. The number of carbonyl (C=O) groups excluding carboxylic acids is 13. The molecule has 0 radical (unpaired) electrons. The minimum atomic E-state index is -1.81. The number of aromatic amines is 1. The number of aliphatic hydroxyl groups excluding tert-OH is 4. The number of phenolic OH excluding ortho intramolecular Hbond substituents is 1. The standard InChI is InChI=1S/C88H136N18O21/c1-3-4-28-65(100-85(123)71(54-107)105-83(121)68(49-58-34-36-60(108)37-35-58)102-79(117)56(2)97-75(112)40-43-93-76(113)55-127-47-46-126-45-44-94-73(110)32-18-13-11-9-7-5-6-8-10-12-14-19-33-77(114)115)80(118)101-67-38-39-74(111)92-41-23-22-30-64(78(89)116)98-84(122)70(50-59-52-96-63-29-21-20-27-62(59)63)103-81(119)66(31-24-42-95-88(90)91)99-82(120)69(48-57-25-16-15-17-26-57)104-86(124)72-51-61(109)53-106(72)87(67)125/h15-17,20-21,25-27,29,34-37,52,56,61,64-72,75,77,96-97,107-109,112,114-115H,3-14,18-19,22-24,28,30-33,38-51,53-55H2,1-2H3,(H2,89,116)(H,92,111)(H,93,113)(H,94,110)(H,98,122)(H,99,120)(H,100,123)(H,101,118)(H,102,117)(H,103,119)(H,104,124)(H,105,121)(H4,90,91,95)/t56-,61+,64-,65-,66-,67-,68-,69+,70-,71-,72-,75+/m0/s1. The number of benzene rings is 3. The van der Waals surface area contributed by atoms with E-state index in [2.05, 4.69) is 74.1 Å². The number of fused-ring (bicyclic) bond motifs is 2. The zero-order valence-corrected chi connectivity index (χ0v) is 73.1. The van der Waals surface area contributed by atoms with Crippen molar-refractivity contribution in [2.24, 2.45) is 11.5 Å². The fourth-order valence-corrected chi connectivity index (χ4v) is 14.8. The van der Waals surface area contributed by atoms with E-state index in [0.29, 0.717) is 42.5 Å². The SMILES string of the molecule is CCCC[C@H](NC(=O)[C@H](CO)NC(=O)[C@H](Cc1ccc(O)cc1)NC(=O)[C@H](C)N[C@H](O)CCNC(=O)COCCOCCNC(=O)CCCCCCCCCCCCCCC(O)O)C(=O)N[C@H]1CCC(=O)NCCCC[C@@H](C(N)=O)NC(=O)[C@H](Cc2c[nH]c3ccccc23)NC(=O)[C@H](CCCNC(=N)N)NC(=O)[C@@H](Cc2ccccc2)NC(=O)[C@@H]2C[C@@H](O)CN2C1=O. The Balaban J connectivity index is 1.07. The molecule has 2 aliphatic rings. The number of nitrogens with one attached hydrogen (secondary N) is 15. The molecular weight excluding hydrogens is 1650 g/mol. The Morgan fingerprint density at radius 2 is 1.21 bits per heavy atom. The van der Waals surface area contributed by atoms with E-state index >= 15 is 4.79 Å². The highest BCUT2D eigenvalue weighted by molar-refractivity contribution is 6.00. The maximum atomic E-state index is 15.3. The molecule has 704 valence electrons. The van der Waals surface area contributed by atoms with Crippen LogP contribution in [0.1, 0.15) is 197 Å². The number of hydrogen-bond donors (Lipinski definition) is 23.